The summed E-state index contributed by atoms with van der Waals surface area (Å²) in [6.07, 6.45) is 7.92. The molecule has 0 aliphatic carbocycles. The van der Waals surface area contributed by atoms with Gasteiger partial charge in [0.05, 0.1) is 4.88 Å². The summed E-state index contributed by atoms with van der Waals surface area (Å²) in [5, 5.41) is 4.77. The first-order valence-corrected chi connectivity index (χ1v) is 8.45. The maximum absolute atomic E-state index is 11.7. The fourth-order valence-corrected chi connectivity index (χ4v) is 2.70. The molecule has 4 heteroatoms. The Morgan fingerprint density at radius 3 is 2.55 bits per heavy atom. The second-order valence-electron chi connectivity index (χ2n) is 5.02. The lowest BCUT2D eigenvalue weighted by atomic mass is 10.1. The first kappa shape index (κ1) is 16.9. The highest BCUT2D eigenvalue weighted by Crippen LogP contribution is 2.12. The van der Waals surface area contributed by atoms with Gasteiger partial charge in [0.25, 0.3) is 0 Å². The molecule has 1 rings (SSSR count). The van der Waals surface area contributed by atoms with Crippen molar-refractivity contribution >= 4 is 23.0 Å². The number of carbonyl (C=O) groups excluding carboxylic acids is 2. The van der Waals surface area contributed by atoms with Crippen LogP contribution in [0, 0.1) is 0 Å². The normalized spacial score (nSPS) is 10.4. The standard InChI is InChI=1S/C16H25NO2S/c1-2-3-4-5-6-7-12-17-16(19)11-10-14(18)15-9-8-13-20-15/h8-9,13H,2-7,10-12H2,1H3,(H,17,19). The van der Waals surface area contributed by atoms with Crippen LogP contribution in [0.1, 0.15) is 68.0 Å². The number of amides is 1. The summed E-state index contributed by atoms with van der Waals surface area (Å²) in [5.74, 6) is 0.0539. The third-order valence-electron chi connectivity index (χ3n) is 3.23. The number of hydrogen-bond acceptors (Lipinski definition) is 3. The first-order chi connectivity index (χ1) is 9.74. The van der Waals surface area contributed by atoms with Gasteiger partial charge in [-0.05, 0) is 17.9 Å². The zero-order valence-electron chi connectivity index (χ0n) is 12.3. The Hall–Kier alpha value is -1.16. The molecule has 0 saturated heterocycles. The van der Waals surface area contributed by atoms with Gasteiger partial charge < -0.3 is 5.32 Å². The molecule has 0 saturated carbocycles. The van der Waals surface area contributed by atoms with Gasteiger partial charge in [0.2, 0.25) is 5.91 Å². The van der Waals surface area contributed by atoms with E-state index >= 15 is 0 Å². The average Bonchev–Trinajstić information content (AvgIpc) is 2.98. The van der Waals surface area contributed by atoms with Gasteiger partial charge in [-0.25, -0.2) is 0 Å². The highest BCUT2D eigenvalue weighted by molar-refractivity contribution is 7.12. The van der Waals surface area contributed by atoms with Gasteiger partial charge in [-0.15, -0.1) is 11.3 Å². The van der Waals surface area contributed by atoms with Gasteiger partial charge in [-0.2, -0.15) is 0 Å². The van der Waals surface area contributed by atoms with Crippen LogP contribution in [0.3, 0.4) is 0 Å². The largest absolute Gasteiger partial charge is 0.356 e. The van der Waals surface area contributed by atoms with Crippen molar-refractivity contribution in [1.82, 2.24) is 5.32 Å². The first-order valence-electron chi connectivity index (χ1n) is 7.57. The Bertz CT molecular complexity index is 387. The van der Waals surface area contributed by atoms with E-state index in [4.69, 9.17) is 0 Å². The van der Waals surface area contributed by atoms with Gasteiger partial charge in [0, 0.05) is 19.4 Å². The van der Waals surface area contributed by atoms with Crippen molar-refractivity contribution in [2.24, 2.45) is 0 Å². The predicted octanol–water partition coefficient (Wildman–Crippen LogP) is 4.19. The molecule has 112 valence electrons. The van der Waals surface area contributed by atoms with Gasteiger partial charge in [-0.1, -0.05) is 45.1 Å². The molecule has 0 radical (unpaired) electrons. The minimum atomic E-state index is -0.0107. The SMILES string of the molecule is CCCCCCCCNC(=O)CCC(=O)c1cccs1. The molecule has 1 heterocycles. The van der Waals surface area contributed by atoms with Crippen molar-refractivity contribution in [2.75, 3.05) is 6.54 Å². The quantitative estimate of drug-likeness (QED) is 0.491. The lowest BCUT2D eigenvalue weighted by Gasteiger charge is -2.04. The molecule has 0 unspecified atom stereocenters. The average molecular weight is 295 g/mol. The maximum atomic E-state index is 11.7. The Labute approximate surface area is 125 Å². The van der Waals surface area contributed by atoms with Gasteiger partial charge in [0.15, 0.2) is 5.78 Å². The van der Waals surface area contributed by atoms with Crippen molar-refractivity contribution in [2.45, 2.75) is 58.3 Å². The third-order valence-corrected chi connectivity index (χ3v) is 4.14. The lowest BCUT2D eigenvalue weighted by Crippen LogP contribution is -2.24. The summed E-state index contributed by atoms with van der Waals surface area (Å²) < 4.78 is 0. The van der Waals surface area contributed by atoms with Crippen LogP contribution in [0.2, 0.25) is 0 Å². The Morgan fingerprint density at radius 1 is 1.10 bits per heavy atom. The van der Waals surface area contributed by atoms with Crippen LogP contribution < -0.4 is 5.32 Å². The highest BCUT2D eigenvalue weighted by Gasteiger charge is 2.09. The molecule has 0 fully saturated rings. The Morgan fingerprint density at radius 2 is 1.85 bits per heavy atom. The second kappa shape index (κ2) is 10.6. The predicted molar refractivity (Wildman–Crippen MR) is 84.3 cm³/mol. The van der Waals surface area contributed by atoms with Crippen LogP contribution in [0.15, 0.2) is 17.5 Å². The molecule has 1 amide bonds. The zero-order chi connectivity index (χ0) is 14.6. The molecule has 0 aliphatic rings. The van der Waals surface area contributed by atoms with E-state index in [1.54, 1.807) is 6.07 Å². The van der Waals surface area contributed by atoms with E-state index in [1.165, 1.54) is 43.4 Å². The van der Waals surface area contributed by atoms with Gasteiger partial charge >= 0.3 is 0 Å². The number of ketones is 1. The molecule has 0 atom stereocenters. The number of carbonyl (C=O) groups is 2. The number of unbranched alkanes of at least 4 members (excludes halogenated alkanes) is 5. The fraction of sp³-hybridized carbons (Fsp3) is 0.625. The van der Waals surface area contributed by atoms with Crippen molar-refractivity contribution in [3.05, 3.63) is 22.4 Å². The molecular formula is C16H25NO2S. The third kappa shape index (κ3) is 7.43. The van der Waals surface area contributed by atoms with E-state index in [2.05, 4.69) is 12.2 Å². The summed E-state index contributed by atoms with van der Waals surface area (Å²) in [6, 6.07) is 3.66. The summed E-state index contributed by atoms with van der Waals surface area (Å²) >= 11 is 1.43. The van der Waals surface area contributed by atoms with Gasteiger partial charge in [0.1, 0.15) is 0 Å². The molecule has 1 aromatic rings. The number of rotatable bonds is 11. The molecule has 0 bridgehead atoms. The van der Waals surface area contributed by atoms with Crippen LogP contribution >= 0.6 is 11.3 Å². The lowest BCUT2D eigenvalue weighted by molar-refractivity contribution is -0.121. The topological polar surface area (TPSA) is 46.2 Å². The summed E-state index contributed by atoms with van der Waals surface area (Å²) in [6.45, 7) is 2.94. The summed E-state index contributed by atoms with van der Waals surface area (Å²) in [4.78, 5) is 24.1. The molecule has 3 nitrogen and oxygen atoms in total. The fourth-order valence-electron chi connectivity index (χ4n) is 2.01. The van der Waals surface area contributed by atoms with Crippen molar-refractivity contribution in [3.63, 3.8) is 0 Å². The Balaban J connectivity index is 1.99. The van der Waals surface area contributed by atoms with Crippen molar-refractivity contribution in [1.29, 1.82) is 0 Å². The number of hydrogen-bond donors (Lipinski definition) is 1. The summed E-state index contributed by atoms with van der Waals surface area (Å²) in [5.41, 5.74) is 0. The molecule has 0 spiro atoms. The van der Waals surface area contributed by atoms with Crippen LogP contribution in [-0.4, -0.2) is 18.2 Å². The molecule has 20 heavy (non-hydrogen) atoms. The minimum Gasteiger partial charge on any atom is -0.356 e. The number of Topliss-reactive ketones (excluding diaryl/α,β-unsaturated/α-hetero) is 1. The van der Waals surface area contributed by atoms with E-state index in [-0.39, 0.29) is 11.7 Å². The van der Waals surface area contributed by atoms with Crippen LogP contribution in [0.4, 0.5) is 0 Å². The van der Waals surface area contributed by atoms with Crippen molar-refractivity contribution < 1.29 is 9.59 Å². The van der Waals surface area contributed by atoms with E-state index in [0.29, 0.717) is 12.8 Å². The molecule has 1 aromatic heterocycles. The molecule has 0 aliphatic heterocycles. The molecule has 1 N–H and O–H groups in total. The molecular weight excluding hydrogens is 270 g/mol. The Kier molecular flexibility index (Phi) is 8.96. The van der Waals surface area contributed by atoms with Crippen molar-refractivity contribution in [3.8, 4) is 0 Å². The zero-order valence-corrected chi connectivity index (χ0v) is 13.1. The van der Waals surface area contributed by atoms with E-state index in [9.17, 15) is 9.59 Å². The van der Waals surface area contributed by atoms with Crippen LogP contribution in [0.25, 0.3) is 0 Å². The smallest absolute Gasteiger partial charge is 0.220 e. The number of thiophene rings is 1. The monoisotopic (exact) mass is 295 g/mol. The van der Waals surface area contributed by atoms with Crippen LogP contribution in [-0.2, 0) is 4.79 Å². The minimum absolute atomic E-state index is 0.0107. The number of nitrogens with one attached hydrogen (secondary N) is 1. The highest BCUT2D eigenvalue weighted by atomic mass is 32.1. The van der Waals surface area contributed by atoms with Crippen LogP contribution in [0.5, 0.6) is 0 Å². The maximum Gasteiger partial charge on any atom is 0.220 e. The van der Waals surface area contributed by atoms with E-state index < -0.39 is 0 Å². The molecule has 0 aromatic carbocycles. The summed E-state index contributed by atoms with van der Waals surface area (Å²) in [7, 11) is 0. The van der Waals surface area contributed by atoms with E-state index in [0.717, 1.165) is 17.8 Å². The van der Waals surface area contributed by atoms with Gasteiger partial charge in [-0.3, -0.25) is 9.59 Å². The van der Waals surface area contributed by atoms with E-state index in [1.807, 2.05) is 11.4 Å². The second-order valence-corrected chi connectivity index (χ2v) is 5.97.